The molecule has 0 aliphatic carbocycles. The second kappa shape index (κ2) is 4.50. The van der Waals surface area contributed by atoms with Gasteiger partial charge in [-0.3, -0.25) is 0 Å². The van der Waals surface area contributed by atoms with Gasteiger partial charge in [0.2, 0.25) is 0 Å². The van der Waals surface area contributed by atoms with Gasteiger partial charge < -0.3 is 0 Å². The summed E-state index contributed by atoms with van der Waals surface area (Å²) in [6, 6.07) is 3.72. The first-order valence-corrected chi connectivity index (χ1v) is 8.25. The van der Waals surface area contributed by atoms with Crippen LogP contribution >= 0.6 is 46.8 Å². The summed E-state index contributed by atoms with van der Waals surface area (Å²) in [7, 11) is 0. The van der Waals surface area contributed by atoms with Crippen molar-refractivity contribution in [1.82, 2.24) is 8.55 Å². The summed E-state index contributed by atoms with van der Waals surface area (Å²) in [4.78, 5) is 4.28. The third-order valence-corrected chi connectivity index (χ3v) is 7.38. The van der Waals surface area contributed by atoms with E-state index in [-0.39, 0.29) is 14.7 Å². The summed E-state index contributed by atoms with van der Waals surface area (Å²) in [5.41, 5.74) is 0. The maximum atomic E-state index is 6.21. The number of nitrogens with zero attached hydrogens (tertiary/aromatic N) is 2. The van der Waals surface area contributed by atoms with Gasteiger partial charge in [-0.25, -0.2) is 0 Å². The molecule has 0 saturated heterocycles. The normalized spacial score (nSPS) is 11.2. The Labute approximate surface area is 122 Å². The zero-order chi connectivity index (χ0) is 12.0. The summed E-state index contributed by atoms with van der Waals surface area (Å²) in [6.45, 7) is 0. The molecular formula is C10H4Cl2N2S2Se. The summed E-state index contributed by atoms with van der Waals surface area (Å²) in [5.74, 6) is 0. The number of halogens is 2. The number of thiazole rings is 1. The van der Waals surface area contributed by atoms with Crippen LogP contribution in [-0.2, 0) is 0 Å². The van der Waals surface area contributed by atoms with Crippen molar-refractivity contribution in [2.75, 3.05) is 0 Å². The summed E-state index contributed by atoms with van der Waals surface area (Å²) < 4.78 is 3.88. The van der Waals surface area contributed by atoms with Crippen molar-refractivity contribution in [3.05, 3.63) is 38.4 Å². The molecule has 0 aliphatic rings. The molecule has 2 heterocycles. The molecule has 0 N–H and O–H groups in total. The standard InChI is InChI=1S/C10H4Cl2N2S2Se/c11-6-2-1-5-8(7(6)12)17-14(9(5)15)10-13-3-4-16-10/h1-4H. The summed E-state index contributed by atoms with van der Waals surface area (Å²) >= 11 is 19.3. The number of hydrogen-bond acceptors (Lipinski definition) is 3. The van der Waals surface area contributed by atoms with E-state index in [9.17, 15) is 0 Å². The molecule has 0 spiro atoms. The van der Waals surface area contributed by atoms with E-state index in [0.717, 1.165) is 19.4 Å². The van der Waals surface area contributed by atoms with Gasteiger partial charge in [-0.2, -0.15) is 0 Å². The van der Waals surface area contributed by atoms with E-state index < -0.39 is 0 Å². The Balaban J connectivity index is 2.41. The van der Waals surface area contributed by atoms with Crippen molar-refractivity contribution in [2.24, 2.45) is 0 Å². The number of rotatable bonds is 1. The molecular weight excluding hydrogens is 362 g/mol. The van der Waals surface area contributed by atoms with Crippen LogP contribution in [-0.4, -0.2) is 23.3 Å². The summed E-state index contributed by atoms with van der Waals surface area (Å²) in [5, 5.41) is 5.05. The fourth-order valence-corrected chi connectivity index (χ4v) is 5.75. The van der Waals surface area contributed by atoms with Gasteiger partial charge in [0.1, 0.15) is 0 Å². The van der Waals surface area contributed by atoms with Gasteiger partial charge in [-0.15, -0.1) is 0 Å². The number of hydrogen-bond donors (Lipinski definition) is 0. The maximum absolute atomic E-state index is 6.21. The van der Waals surface area contributed by atoms with E-state index in [1.807, 2.05) is 15.0 Å². The van der Waals surface area contributed by atoms with Crippen LogP contribution < -0.4 is 0 Å². The van der Waals surface area contributed by atoms with Crippen LogP contribution in [0, 0.1) is 4.64 Å². The van der Waals surface area contributed by atoms with Crippen LogP contribution in [0.1, 0.15) is 0 Å². The van der Waals surface area contributed by atoms with E-state index in [1.54, 1.807) is 23.6 Å². The first-order valence-electron chi connectivity index (χ1n) is 4.58. The fraction of sp³-hybridized carbons (Fsp3) is 0. The van der Waals surface area contributed by atoms with Gasteiger partial charge in [-0.1, -0.05) is 0 Å². The van der Waals surface area contributed by atoms with E-state index in [1.165, 1.54) is 0 Å². The molecule has 0 aliphatic heterocycles. The summed E-state index contributed by atoms with van der Waals surface area (Å²) in [6.07, 6.45) is 1.77. The van der Waals surface area contributed by atoms with Gasteiger partial charge in [0.25, 0.3) is 0 Å². The van der Waals surface area contributed by atoms with E-state index >= 15 is 0 Å². The molecule has 2 nitrogen and oxygen atoms in total. The monoisotopic (exact) mass is 366 g/mol. The molecule has 0 radical (unpaired) electrons. The van der Waals surface area contributed by atoms with Gasteiger partial charge in [-0.05, 0) is 0 Å². The quantitative estimate of drug-likeness (QED) is 0.475. The molecule has 0 atom stereocenters. The van der Waals surface area contributed by atoms with Crippen LogP contribution in [0.25, 0.3) is 14.8 Å². The van der Waals surface area contributed by atoms with Gasteiger partial charge in [0, 0.05) is 0 Å². The van der Waals surface area contributed by atoms with Crippen LogP contribution in [0.4, 0.5) is 0 Å². The van der Waals surface area contributed by atoms with Crippen molar-refractivity contribution in [1.29, 1.82) is 0 Å². The molecule has 7 heteroatoms. The Kier molecular flexibility index (Phi) is 3.15. The Morgan fingerprint density at radius 3 is 2.88 bits per heavy atom. The number of aromatic nitrogens is 2. The SMILES string of the molecule is S=c1c2ccc(Cl)c(Cl)c2[se]n1-c1nccs1. The van der Waals surface area contributed by atoms with Gasteiger partial charge in [0.05, 0.1) is 0 Å². The average Bonchev–Trinajstić information content (AvgIpc) is 2.92. The van der Waals surface area contributed by atoms with Crippen molar-refractivity contribution in [3.8, 4) is 5.13 Å². The van der Waals surface area contributed by atoms with Gasteiger partial charge >= 0.3 is 123 Å². The van der Waals surface area contributed by atoms with E-state index in [2.05, 4.69) is 4.98 Å². The molecule has 0 unspecified atom stereocenters. The average molecular weight is 366 g/mol. The molecule has 2 aromatic heterocycles. The molecule has 3 aromatic rings. The predicted octanol–water partition coefficient (Wildman–Crippen LogP) is 4.18. The molecule has 17 heavy (non-hydrogen) atoms. The fourth-order valence-electron chi connectivity index (χ4n) is 1.47. The zero-order valence-electron chi connectivity index (χ0n) is 8.18. The predicted molar refractivity (Wildman–Crippen MR) is 76.7 cm³/mol. The third-order valence-electron chi connectivity index (χ3n) is 2.24. The molecule has 0 amide bonds. The van der Waals surface area contributed by atoms with Crippen molar-refractivity contribution < 1.29 is 0 Å². The molecule has 1 aromatic carbocycles. The van der Waals surface area contributed by atoms with Crippen LogP contribution in [0.5, 0.6) is 0 Å². The Bertz CT molecular complexity index is 746. The molecule has 0 saturated carbocycles. The molecule has 0 bridgehead atoms. The number of fused-ring (bicyclic) bond motifs is 1. The second-order valence-electron chi connectivity index (χ2n) is 3.24. The molecule has 3 rings (SSSR count). The van der Waals surface area contributed by atoms with Crippen molar-refractivity contribution >= 4 is 71.1 Å². The number of benzene rings is 1. The second-order valence-corrected chi connectivity index (χ2v) is 7.29. The van der Waals surface area contributed by atoms with Crippen molar-refractivity contribution in [2.45, 2.75) is 0 Å². The Morgan fingerprint density at radius 2 is 2.18 bits per heavy atom. The van der Waals surface area contributed by atoms with E-state index in [4.69, 9.17) is 35.4 Å². The minimum absolute atomic E-state index is 0.0201. The minimum atomic E-state index is 0.0201. The molecule has 0 fully saturated rings. The van der Waals surface area contributed by atoms with Crippen molar-refractivity contribution in [3.63, 3.8) is 0 Å². The zero-order valence-corrected chi connectivity index (χ0v) is 13.0. The van der Waals surface area contributed by atoms with Crippen LogP contribution in [0.15, 0.2) is 23.7 Å². The topological polar surface area (TPSA) is 17.8 Å². The van der Waals surface area contributed by atoms with Crippen LogP contribution in [0.2, 0.25) is 10.0 Å². The Hall–Kier alpha value is -0.161. The first-order chi connectivity index (χ1) is 8.18. The first kappa shape index (κ1) is 11.9. The van der Waals surface area contributed by atoms with Crippen LogP contribution in [0.3, 0.4) is 0 Å². The molecule has 86 valence electrons. The van der Waals surface area contributed by atoms with Gasteiger partial charge in [0.15, 0.2) is 0 Å². The van der Waals surface area contributed by atoms with E-state index in [0.29, 0.717) is 10.0 Å². The third kappa shape index (κ3) is 1.91. The Morgan fingerprint density at radius 1 is 1.35 bits per heavy atom.